The monoisotopic (exact) mass is 392 g/mol. The molecule has 0 aliphatic carbocycles. The minimum atomic E-state index is -0.626. The van der Waals surface area contributed by atoms with Crippen molar-refractivity contribution in [1.82, 2.24) is 4.90 Å². The smallest absolute Gasteiger partial charge is 0.340 e. The Hall–Kier alpha value is -3.74. The molecule has 0 N–H and O–H groups in total. The molecular weight excluding hydrogens is 372 g/mol. The van der Waals surface area contributed by atoms with E-state index >= 15 is 0 Å². The van der Waals surface area contributed by atoms with Gasteiger partial charge in [-0.25, -0.2) is 4.79 Å². The summed E-state index contributed by atoms with van der Waals surface area (Å²) in [5.41, 5.74) is 3.19. The van der Waals surface area contributed by atoms with Crippen LogP contribution in [-0.2, 0) is 20.9 Å². The molecular formula is C22H20N2O5. The molecule has 1 aliphatic rings. The summed E-state index contributed by atoms with van der Waals surface area (Å²) in [7, 11) is 1.25. The first-order valence-electron chi connectivity index (χ1n) is 8.95. The van der Waals surface area contributed by atoms with Gasteiger partial charge in [-0.15, -0.1) is 0 Å². The normalized spacial score (nSPS) is 15.2. The number of allylic oxidation sites excluding steroid dienone is 1. The molecule has 1 aliphatic heterocycles. The third-order valence-electron chi connectivity index (χ3n) is 4.75. The van der Waals surface area contributed by atoms with E-state index in [2.05, 4.69) is 0 Å². The summed E-state index contributed by atoms with van der Waals surface area (Å²) >= 11 is 0. The molecule has 0 unspecified atom stereocenters. The molecule has 7 heteroatoms. The zero-order valence-electron chi connectivity index (χ0n) is 16.3. The molecule has 1 amide bonds. The van der Waals surface area contributed by atoms with Crippen LogP contribution in [0.3, 0.4) is 0 Å². The van der Waals surface area contributed by atoms with E-state index < -0.39 is 10.9 Å². The SMILES string of the molecule is COC(=O)C1=C(C)N(Cc2ccc(C)cc2)C(=O)/C1=C/c1cccc([N+](=O)[O-])c1. The molecule has 0 saturated heterocycles. The molecule has 1 heterocycles. The van der Waals surface area contributed by atoms with Crippen LogP contribution in [0.25, 0.3) is 6.08 Å². The summed E-state index contributed by atoms with van der Waals surface area (Å²) in [6, 6.07) is 13.7. The van der Waals surface area contributed by atoms with Gasteiger partial charge >= 0.3 is 5.97 Å². The molecule has 0 saturated carbocycles. The molecule has 2 aromatic carbocycles. The Bertz CT molecular complexity index is 1050. The first-order chi connectivity index (χ1) is 13.8. The Morgan fingerprint density at radius 3 is 2.48 bits per heavy atom. The van der Waals surface area contributed by atoms with Crippen LogP contribution in [0, 0.1) is 17.0 Å². The lowest BCUT2D eigenvalue weighted by molar-refractivity contribution is -0.384. The lowest BCUT2D eigenvalue weighted by Gasteiger charge is -2.18. The van der Waals surface area contributed by atoms with E-state index in [1.54, 1.807) is 13.0 Å². The third-order valence-corrected chi connectivity index (χ3v) is 4.75. The van der Waals surface area contributed by atoms with Gasteiger partial charge in [0.1, 0.15) is 0 Å². The van der Waals surface area contributed by atoms with Crippen molar-refractivity contribution in [3.63, 3.8) is 0 Å². The molecule has 0 spiro atoms. The van der Waals surface area contributed by atoms with Crippen LogP contribution in [0.15, 0.2) is 65.4 Å². The molecule has 29 heavy (non-hydrogen) atoms. The van der Waals surface area contributed by atoms with Crippen molar-refractivity contribution < 1.29 is 19.2 Å². The summed E-state index contributed by atoms with van der Waals surface area (Å²) in [4.78, 5) is 37.5. The van der Waals surface area contributed by atoms with Gasteiger partial charge in [0.05, 0.1) is 29.7 Å². The number of benzene rings is 2. The van der Waals surface area contributed by atoms with E-state index in [-0.39, 0.29) is 22.7 Å². The van der Waals surface area contributed by atoms with E-state index in [0.29, 0.717) is 17.8 Å². The van der Waals surface area contributed by atoms with E-state index in [1.807, 2.05) is 31.2 Å². The summed E-state index contributed by atoms with van der Waals surface area (Å²) < 4.78 is 4.87. The zero-order valence-corrected chi connectivity index (χ0v) is 16.3. The predicted molar refractivity (Wildman–Crippen MR) is 108 cm³/mol. The Kier molecular flexibility index (Phi) is 5.59. The van der Waals surface area contributed by atoms with E-state index in [0.717, 1.165) is 11.1 Å². The van der Waals surface area contributed by atoms with Crippen LogP contribution in [0.4, 0.5) is 5.69 Å². The second kappa shape index (κ2) is 8.10. The van der Waals surface area contributed by atoms with Crippen molar-refractivity contribution in [3.05, 3.63) is 92.2 Å². The van der Waals surface area contributed by atoms with Crippen LogP contribution in [0.2, 0.25) is 0 Å². The first kappa shape index (κ1) is 20.0. The Morgan fingerprint density at radius 2 is 1.86 bits per heavy atom. The average Bonchev–Trinajstić information content (AvgIpc) is 2.93. The lowest BCUT2D eigenvalue weighted by atomic mass is 10.0. The van der Waals surface area contributed by atoms with Crippen LogP contribution in [0.5, 0.6) is 0 Å². The second-order valence-electron chi connectivity index (χ2n) is 6.74. The minimum Gasteiger partial charge on any atom is -0.465 e. The van der Waals surface area contributed by atoms with Crippen molar-refractivity contribution in [2.75, 3.05) is 7.11 Å². The standard InChI is InChI=1S/C22H20N2O5/c1-14-7-9-16(10-8-14)13-23-15(2)20(22(26)29-3)19(21(23)25)12-17-5-4-6-18(11-17)24(27)28/h4-12H,13H2,1-3H3/b19-12+. The number of ether oxygens (including phenoxy) is 1. The maximum atomic E-state index is 13.1. The number of nitrogens with zero attached hydrogens (tertiary/aromatic N) is 2. The number of hydrogen-bond donors (Lipinski definition) is 0. The van der Waals surface area contributed by atoms with Crippen molar-refractivity contribution in [2.24, 2.45) is 0 Å². The van der Waals surface area contributed by atoms with E-state index in [9.17, 15) is 19.7 Å². The first-order valence-corrected chi connectivity index (χ1v) is 8.95. The van der Waals surface area contributed by atoms with Crippen LogP contribution in [-0.4, -0.2) is 28.8 Å². The van der Waals surface area contributed by atoms with Gasteiger partial charge in [0.15, 0.2) is 0 Å². The van der Waals surface area contributed by atoms with Gasteiger partial charge in [-0.3, -0.25) is 14.9 Å². The minimum absolute atomic E-state index is 0.0957. The highest BCUT2D eigenvalue weighted by Crippen LogP contribution is 2.33. The van der Waals surface area contributed by atoms with Crippen molar-refractivity contribution in [2.45, 2.75) is 20.4 Å². The second-order valence-corrected chi connectivity index (χ2v) is 6.74. The molecule has 7 nitrogen and oxygen atoms in total. The Morgan fingerprint density at radius 1 is 1.17 bits per heavy atom. The number of rotatable bonds is 5. The van der Waals surface area contributed by atoms with Gasteiger partial charge in [-0.2, -0.15) is 0 Å². The fourth-order valence-electron chi connectivity index (χ4n) is 3.19. The number of methoxy groups -OCH3 is 1. The topological polar surface area (TPSA) is 89.8 Å². The van der Waals surface area contributed by atoms with Crippen LogP contribution in [0.1, 0.15) is 23.6 Å². The molecule has 2 aromatic rings. The molecule has 0 bridgehead atoms. The summed E-state index contributed by atoms with van der Waals surface area (Å²) in [5.74, 6) is -0.978. The maximum Gasteiger partial charge on any atom is 0.340 e. The van der Waals surface area contributed by atoms with E-state index in [4.69, 9.17) is 4.74 Å². The highest BCUT2D eigenvalue weighted by Gasteiger charge is 2.37. The highest BCUT2D eigenvalue weighted by atomic mass is 16.6. The molecule has 0 aromatic heterocycles. The van der Waals surface area contributed by atoms with Crippen molar-refractivity contribution in [3.8, 4) is 0 Å². The number of nitro groups is 1. The summed E-state index contributed by atoms with van der Waals surface area (Å²) in [6.07, 6.45) is 1.49. The van der Waals surface area contributed by atoms with Gasteiger partial charge in [0.25, 0.3) is 11.6 Å². The number of aryl methyl sites for hydroxylation is 1. The number of hydrogen-bond acceptors (Lipinski definition) is 5. The lowest BCUT2D eigenvalue weighted by Crippen LogP contribution is -2.24. The highest BCUT2D eigenvalue weighted by molar-refractivity contribution is 6.16. The van der Waals surface area contributed by atoms with Crippen LogP contribution < -0.4 is 0 Å². The maximum absolute atomic E-state index is 13.1. The Balaban J connectivity index is 2.03. The summed E-state index contributed by atoms with van der Waals surface area (Å²) in [6.45, 7) is 3.97. The molecule has 0 radical (unpaired) electrons. The van der Waals surface area contributed by atoms with Gasteiger partial charge in [-0.1, -0.05) is 42.0 Å². The fourth-order valence-corrected chi connectivity index (χ4v) is 3.19. The fraction of sp³-hybridized carbons (Fsp3) is 0.182. The van der Waals surface area contributed by atoms with Gasteiger partial charge in [0, 0.05) is 17.8 Å². The predicted octanol–water partition coefficient (Wildman–Crippen LogP) is 3.78. The van der Waals surface area contributed by atoms with E-state index in [1.165, 1.54) is 36.3 Å². The van der Waals surface area contributed by atoms with Crippen molar-refractivity contribution >= 4 is 23.6 Å². The molecule has 0 atom stereocenters. The largest absolute Gasteiger partial charge is 0.465 e. The quantitative estimate of drug-likeness (QED) is 0.334. The number of carbonyl (C=O) groups is 2. The van der Waals surface area contributed by atoms with Gasteiger partial charge < -0.3 is 9.64 Å². The van der Waals surface area contributed by atoms with Crippen LogP contribution >= 0.6 is 0 Å². The summed E-state index contributed by atoms with van der Waals surface area (Å²) in [5, 5.41) is 11.0. The van der Waals surface area contributed by atoms with Crippen molar-refractivity contribution in [1.29, 1.82) is 0 Å². The van der Waals surface area contributed by atoms with Gasteiger partial charge in [-0.05, 0) is 31.1 Å². The van der Waals surface area contributed by atoms with Gasteiger partial charge in [0.2, 0.25) is 0 Å². The molecule has 148 valence electrons. The molecule has 3 rings (SSSR count). The number of amides is 1. The Labute approximate surface area is 168 Å². The zero-order chi connectivity index (χ0) is 21.1. The third kappa shape index (κ3) is 4.08. The number of nitro benzene ring substituents is 1. The average molecular weight is 392 g/mol. The molecule has 0 fully saturated rings. The number of non-ortho nitro benzene ring substituents is 1. The number of carbonyl (C=O) groups excluding carboxylic acids is 2. The number of esters is 1.